The molecule has 0 bridgehead atoms. The van der Waals surface area contributed by atoms with Gasteiger partial charge >= 0.3 is 5.97 Å². The molecule has 0 aromatic rings. The van der Waals surface area contributed by atoms with Crippen molar-refractivity contribution < 1.29 is 9.53 Å². The van der Waals surface area contributed by atoms with Crippen LogP contribution in [0.3, 0.4) is 0 Å². The second kappa shape index (κ2) is 6.27. The fraction of sp³-hybridized carbons (Fsp3) is 0.889. The van der Waals surface area contributed by atoms with Gasteiger partial charge in [0.15, 0.2) is 0 Å². The van der Waals surface area contributed by atoms with Crippen LogP contribution in [0.5, 0.6) is 0 Å². The molecule has 0 heterocycles. The first kappa shape index (κ1) is 12.8. The van der Waals surface area contributed by atoms with Crippen molar-refractivity contribution in [2.45, 2.75) is 26.4 Å². The third-order valence-corrected chi connectivity index (χ3v) is 2.07. The van der Waals surface area contributed by atoms with E-state index in [1.807, 2.05) is 27.8 Å². The summed E-state index contributed by atoms with van der Waals surface area (Å²) in [5, 5.41) is 3.02. The summed E-state index contributed by atoms with van der Waals surface area (Å²) < 4.78 is 5.14. The molecular formula is C9H19NO2S. The topological polar surface area (TPSA) is 38.3 Å². The molecule has 0 rings (SSSR count). The fourth-order valence-electron chi connectivity index (χ4n) is 0.701. The Labute approximate surface area is 84.6 Å². The van der Waals surface area contributed by atoms with Crippen LogP contribution in [0.15, 0.2) is 0 Å². The minimum Gasteiger partial charge on any atom is -0.459 e. The number of esters is 1. The van der Waals surface area contributed by atoms with Gasteiger partial charge in [0.1, 0.15) is 5.60 Å². The van der Waals surface area contributed by atoms with E-state index < -0.39 is 0 Å². The van der Waals surface area contributed by atoms with Crippen molar-refractivity contribution in [2.75, 3.05) is 25.1 Å². The van der Waals surface area contributed by atoms with Gasteiger partial charge < -0.3 is 10.1 Å². The number of thioether (sulfide) groups is 1. The molecule has 3 nitrogen and oxygen atoms in total. The lowest BCUT2D eigenvalue weighted by molar-refractivity contribution is -0.151. The lowest BCUT2D eigenvalue weighted by Gasteiger charge is -2.19. The first-order chi connectivity index (χ1) is 5.95. The maximum Gasteiger partial charge on any atom is 0.316 e. The molecule has 0 spiro atoms. The smallest absolute Gasteiger partial charge is 0.316 e. The summed E-state index contributed by atoms with van der Waals surface area (Å²) >= 11 is 1.59. The Morgan fingerprint density at radius 2 is 2.08 bits per heavy atom. The molecule has 0 saturated carbocycles. The Balaban J connectivity index is 3.41. The van der Waals surface area contributed by atoms with Gasteiger partial charge in [-0.25, -0.2) is 0 Å². The van der Waals surface area contributed by atoms with E-state index in [0.29, 0.717) is 5.75 Å². The SMILES string of the molecule is CNCCSCC(=O)OC(C)(C)C. The van der Waals surface area contributed by atoms with Crippen molar-refractivity contribution >= 4 is 17.7 Å². The molecule has 0 unspecified atom stereocenters. The fourth-order valence-corrected chi connectivity index (χ4v) is 1.42. The van der Waals surface area contributed by atoms with Gasteiger partial charge in [-0.2, -0.15) is 0 Å². The third-order valence-electron chi connectivity index (χ3n) is 1.14. The monoisotopic (exact) mass is 205 g/mol. The number of carbonyl (C=O) groups is 1. The Hall–Kier alpha value is -0.220. The summed E-state index contributed by atoms with van der Waals surface area (Å²) in [6.07, 6.45) is 0. The van der Waals surface area contributed by atoms with Crippen LogP contribution in [0.1, 0.15) is 20.8 Å². The van der Waals surface area contributed by atoms with Crippen LogP contribution in [-0.2, 0) is 9.53 Å². The molecule has 1 N–H and O–H groups in total. The number of ether oxygens (including phenoxy) is 1. The zero-order valence-corrected chi connectivity index (χ0v) is 9.66. The molecule has 0 saturated heterocycles. The first-order valence-corrected chi connectivity index (χ1v) is 5.55. The summed E-state index contributed by atoms with van der Waals surface area (Å²) in [5.74, 6) is 1.25. The van der Waals surface area contributed by atoms with Gasteiger partial charge in [-0.1, -0.05) is 0 Å². The van der Waals surface area contributed by atoms with Gasteiger partial charge in [-0.05, 0) is 27.8 Å². The van der Waals surface area contributed by atoms with Crippen molar-refractivity contribution in [2.24, 2.45) is 0 Å². The highest BCUT2D eigenvalue weighted by Gasteiger charge is 2.15. The van der Waals surface area contributed by atoms with Gasteiger partial charge in [0.25, 0.3) is 0 Å². The molecule has 0 aliphatic heterocycles. The predicted octanol–water partition coefficient (Wildman–Crippen LogP) is 1.28. The molecule has 0 aliphatic carbocycles. The van der Waals surface area contributed by atoms with E-state index in [1.165, 1.54) is 0 Å². The molecule has 0 radical (unpaired) electrons. The van der Waals surface area contributed by atoms with E-state index in [-0.39, 0.29) is 11.6 Å². The van der Waals surface area contributed by atoms with Crippen molar-refractivity contribution in [1.82, 2.24) is 5.32 Å². The van der Waals surface area contributed by atoms with Crippen LogP contribution in [0.25, 0.3) is 0 Å². The van der Waals surface area contributed by atoms with Crippen LogP contribution in [0, 0.1) is 0 Å². The van der Waals surface area contributed by atoms with E-state index >= 15 is 0 Å². The van der Waals surface area contributed by atoms with E-state index in [1.54, 1.807) is 11.8 Å². The van der Waals surface area contributed by atoms with Gasteiger partial charge in [-0.3, -0.25) is 4.79 Å². The minimum atomic E-state index is -0.360. The van der Waals surface area contributed by atoms with E-state index in [4.69, 9.17) is 4.74 Å². The summed E-state index contributed by atoms with van der Waals surface area (Å²) in [6, 6.07) is 0. The van der Waals surface area contributed by atoms with Gasteiger partial charge in [0.05, 0.1) is 5.75 Å². The van der Waals surface area contributed by atoms with Crippen LogP contribution in [0.2, 0.25) is 0 Å². The average Bonchev–Trinajstić information content (AvgIpc) is 1.94. The van der Waals surface area contributed by atoms with Gasteiger partial charge in [0.2, 0.25) is 0 Å². The molecule has 0 atom stereocenters. The largest absolute Gasteiger partial charge is 0.459 e. The molecule has 0 fully saturated rings. The molecule has 0 aliphatic rings. The second-order valence-electron chi connectivity index (χ2n) is 3.74. The van der Waals surface area contributed by atoms with Gasteiger partial charge in [0, 0.05) is 12.3 Å². The van der Waals surface area contributed by atoms with Gasteiger partial charge in [-0.15, -0.1) is 11.8 Å². The second-order valence-corrected chi connectivity index (χ2v) is 4.85. The highest BCUT2D eigenvalue weighted by Crippen LogP contribution is 2.09. The summed E-state index contributed by atoms with van der Waals surface area (Å²) in [6.45, 7) is 6.56. The number of carbonyl (C=O) groups excluding carboxylic acids is 1. The Kier molecular flexibility index (Phi) is 6.16. The third kappa shape index (κ3) is 9.70. The first-order valence-electron chi connectivity index (χ1n) is 4.40. The average molecular weight is 205 g/mol. The van der Waals surface area contributed by atoms with E-state index in [0.717, 1.165) is 12.3 Å². The van der Waals surface area contributed by atoms with Crippen molar-refractivity contribution in [3.8, 4) is 0 Å². The molecule has 13 heavy (non-hydrogen) atoms. The molecule has 0 aromatic carbocycles. The maximum absolute atomic E-state index is 11.2. The highest BCUT2D eigenvalue weighted by atomic mass is 32.2. The number of nitrogens with one attached hydrogen (secondary N) is 1. The molecule has 4 heteroatoms. The number of rotatable bonds is 5. The molecule has 0 aromatic heterocycles. The standard InChI is InChI=1S/C9H19NO2S/c1-9(2,3)12-8(11)7-13-6-5-10-4/h10H,5-7H2,1-4H3. The van der Waals surface area contributed by atoms with Crippen molar-refractivity contribution in [1.29, 1.82) is 0 Å². The zero-order chi connectivity index (χ0) is 10.3. The molecular weight excluding hydrogens is 186 g/mol. The Morgan fingerprint density at radius 3 is 2.54 bits per heavy atom. The lowest BCUT2D eigenvalue weighted by atomic mass is 10.2. The number of hydrogen-bond acceptors (Lipinski definition) is 4. The maximum atomic E-state index is 11.2. The van der Waals surface area contributed by atoms with E-state index in [9.17, 15) is 4.79 Å². The normalized spacial score (nSPS) is 11.4. The molecule has 0 amide bonds. The highest BCUT2D eigenvalue weighted by molar-refractivity contribution is 7.99. The van der Waals surface area contributed by atoms with Crippen LogP contribution >= 0.6 is 11.8 Å². The minimum absolute atomic E-state index is 0.131. The predicted molar refractivity (Wildman–Crippen MR) is 57.1 cm³/mol. The van der Waals surface area contributed by atoms with Crippen molar-refractivity contribution in [3.63, 3.8) is 0 Å². The zero-order valence-electron chi connectivity index (χ0n) is 8.85. The van der Waals surface area contributed by atoms with E-state index in [2.05, 4.69) is 5.32 Å². The quantitative estimate of drug-likeness (QED) is 0.542. The molecule has 78 valence electrons. The van der Waals surface area contributed by atoms with Crippen LogP contribution in [0.4, 0.5) is 0 Å². The summed E-state index contributed by atoms with van der Waals surface area (Å²) in [5.41, 5.74) is -0.360. The Bertz CT molecular complexity index is 154. The Morgan fingerprint density at radius 1 is 1.46 bits per heavy atom. The number of hydrogen-bond donors (Lipinski definition) is 1. The van der Waals surface area contributed by atoms with Crippen molar-refractivity contribution in [3.05, 3.63) is 0 Å². The van der Waals surface area contributed by atoms with Crippen LogP contribution in [-0.4, -0.2) is 36.7 Å². The summed E-state index contributed by atoms with van der Waals surface area (Å²) in [4.78, 5) is 11.2. The van der Waals surface area contributed by atoms with Crippen LogP contribution < -0.4 is 5.32 Å². The lowest BCUT2D eigenvalue weighted by Crippen LogP contribution is -2.25. The summed E-state index contributed by atoms with van der Waals surface area (Å²) in [7, 11) is 1.90.